The van der Waals surface area contributed by atoms with Gasteiger partial charge in [-0.3, -0.25) is 0 Å². The van der Waals surface area contributed by atoms with Crippen LogP contribution in [-0.2, 0) is 5.60 Å². The zero-order valence-corrected chi connectivity index (χ0v) is 8.23. The number of nitrogens with zero attached hydrogens (tertiary/aromatic N) is 2. The highest BCUT2D eigenvalue weighted by Gasteiger charge is 2.20. The quantitative estimate of drug-likeness (QED) is 0.743. The third-order valence-electron chi connectivity index (χ3n) is 2.12. The van der Waals surface area contributed by atoms with Gasteiger partial charge < -0.3 is 5.11 Å². The topological polar surface area (TPSA) is 46.0 Å². The monoisotopic (exact) mass is 188 g/mol. The predicted octanol–water partition coefficient (Wildman–Crippen LogP) is 1.86. The van der Waals surface area contributed by atoms with E-state index in [4.69, 9.17) is 0 Å². The van der Waals surface area contributed by atoms with Crippen molar-refractivity contribution in [2.24, 2.45) is 0 Å². The van der Waals surface area contributed by atoms with Crippen molar-refractivity contribution in [1.82, 2.24) is 9.97 Å². The van der Waals surface area contributed by atoms with Crippen LogP contribution in [0.25, 0.3) is 10.9 Å². The van der Waals surface area contributed by atoms with Gasteiger partial charge in [-0.05, 0) is 19.9 Å². The van der Waals surface area contributed by atoms with Crippen LogP contribution in [0.15, 0.2) is 30.6 Å². The summed E-state index contributed by atoms with van der Waals surface area (Å²) in [5.41, 5.74) is 0.602. The average Bonchev–Trinajstić information content (AvgIpc) is 2.15. The second-order valence-corrected chi connectivity index (χ2v) is 3.80. The third kappa shape index (κ3) is 1.46. The first-order valence-electron chi connectivity index (χ1n) is 4.51. The Kier molecular flexibility index (Phi) is 1.97. The molecule has 0 fully saturated rings. The molecule has 0 atom stereocenters. The molecule has 0 saturated heterocycles. The Labute approximate surface area is 82.4 Å². The van der Waals surface area contributed by atoms with Crippen LogP contribution in [0.5, 0.6) is 0 Å². The van der Waals surface area contributed by atoms with Crippen LogP contribution in [0.2, 0.25) is 0 Å². The predicted molar refractivity (Wildman–Crippen MR) is 54.8 cm³/mol. The van der Waals surface area contributed by atoms with Gasteiger partial charge in [0.2, 0.25) is 0 Å². The van der Waals surface area contributed by atoms with Crippen molar-refractivity contribution < 1.29 is 5.11 Å². The molecular weight excluding hydrogens is 176 g/mol. The third-order valence-corrected chi connectivity index (χ3v) is 2.12. The van der Waals surface area contributed by atoms with Crippen molar-refractivity contribution in [3.05, 3.63) is 36.3 Å². The molecule has 0 amide bonds. The van der Waals surface area contributed by atoms with Crippen LogP contribution in [0, 0.1) is 0 Å². The lowest BCUT2D eigenvalue weighted by molar-refractivity contribution is 0.0755. The van der Waals surface area contributed by atoms with Gasteiger partial charge in [-0.25, -0.2) is 9.97 Å². The SMILES string of the molecule is CC(C)(O)c1ncnc2ccccc12. The van der Waals surface area contributed by atoms with Crippen molar-refractivity contribution in [3.8, 4) is 0 Å². The Morgan fingerprint density at radius 3 is 2.57 bits per heavy atom. The Balaban J connectivity index is 2.78. The van der Waals surface area contributed by atoms with Gasteiger partial charge in [-0.1, -0.05) is 18.2 Å². The Bertz CT molecular complexity index is 455. The molecule has 2 aromatic rings. The molecule has 1 N–H and O–H groups in total. The van der Waals surface area contributed by atoms with E-state index in [1.807, 2.05) is 24.3 Å². The average molecular weight is 188 g/mol. The molecule has 0 spiro atoms. The van der Waals surface area contributed by atoms with Gasteiger partial charge in [0.1, 0.15) is 11.9 Å². The second-order valence-electron chi connectivity index (χ2n) is 3.80. The molecule has 1 heterocycles. The fourth-order valence-corrected chi connectivity index (χ4v) is 1.49. The fraction of sp³-hybridized carbons (Fsp3) is 0.273. The molecule has 2 rings (SSSR count). The molecule has 0 radical (unpaired) electrons. The lowest BCUT2D eigenvalue weighted by Gasteiger charge is -2.17. The summed E-state index contributed by atoms with van der Waals surface area (Å²) in [6, 6.07) is 7.67. The second kappa shape index (κ2) is 3.03. The van der Waals surface area contributed by atoms with Gasteiger partial charge in [0, 0.05) is 5.39 Å². The zero-order chi connectivity index (χ0) is 10.2. The van der Waals surface area contributed by atoms with Crippen LogP contribution >= 0.6 is 0 Å². The summed E-state index contributed by atoms with van der Waals surface area (Å²) >= 11 is 0. The van der Waals surface area contributed by atoms with Crippen LogP contribution in [0.4, 0.5) is 0 Å². The van der Waals surface area contributed by atoms with Crippen LogP contribution in [0.1, 0.15) is 19.5 Å². The summed E-state index contributed by atoms with van der Waals surface area (Å²) in [6.07, 6.45) is 1.48. The van der Waals surface area contributed by atoms with Crippen LogP contribution < -0.4 is 0 Å². The van der Waals surface area contributed by atoms with Gasteiger partial charge in [0.25, 0.3) is 0 Å². The number of rotatable bonds is 1. The molecule has 0 unspecified atom stereocenters. The number of aliphatic hydroxyl groups is 1. The van der Waals surface area contributed by atoms with Crippen molar-refractivity contribution >= 4 is 10.9 Å². The first-order chi connectivity index (χ1) is 6.59. The molecule has 0 aliphatic rings. The number of fused-ring (bicyclic) bond motifs is 1. The van der Waals surface area contributed by atoms with E-state index in [1.165, 1.54) is 6.33 Å². The summed E-state index contributed by atoms with van der Waals surface area (Å²) in [5.74, 6) is 0. The Hall–Kier alpha value is -1.48. The molecule has 3 nitrogen and oxygen atoms in total. The smallest absolute Gasteiger partial charge is 0.116 e. The summed E-state index contributed by atoms with van der Waals surface area (Å²) < 4.78 is 0. The van der Waals surface area contributed by atoms with E-state index < -0.39 is 5.60 Å². The molecule has 14 heavy (non-hydrogen) atoms. The molecule has 0 bridgehead atoms. The highest BCUT2D eigenvalue weighted by Crippen LogP contribution is 2.24. The maximum absolute atomic E-state index is 9.90. The molecule has 0 aliphatic carbocycles. The van der Waals surface area contributed by atoms with Crippen molar-refractivity contribution in [3.63, 3.8) is 0 Å². The lowest BCUT2D eigenvalue weighted by Crippen LogP contribution is -2.18. The minimum Gasteiger partial charge on any atom is -0.384 e. The molecule has 1 aromatic carbocycles. The van der Waals surface area contributed by atoms with Crippen molar-refractivity contribution in [1.29, 1.82) is 0 Å². The standard InChI is InChI=1S/C11H12N2O/c1-11(2,14)10-8-5-3-4-6-9(8)12-7-13-10/h3-7,14H,1-2H3. The van der Waals surface area contributed by atoms with Crippen LogP contribution in [0.3, 0.4) is 0 Å². The molecule has 0 saturated carbocycles. The molecule has 1 aromatic heterocycles. The normalized spacial score (nSPS) is 11.9. The van der Waals surface area contributed by atoms with Gasteiger partial charge in [-0.2, -0.15) is 0 Å². The van der Waals surface area contributed by atoms with E-state index in [-0.39, 0.29) is 0 Å². The Morgan fingerprint density at radius 1 is 1.14 bits per heavy atom. The number of hydrogen-bond acceptors (Lipinski definition) is 3. The van der Waals surface area contributed by atoms with Crippen LogP contribution in [-0.4, -0.2) is 15.1 Å². The van der Waals surface area contributed by atoms with E-state index in [2.05, 4.69) is 9.97 Å². The lowest BCUT2D eigenvalue weighted by atomic mass is 10.0. The number of benzene rings is 1. The zero-order valence-electron chi connectivity index (χ0n) is 8.23. The number of aromatic nitrogens is 2. The molecule has 3 heteroatoms. The van der Waals surface area contributed by atoms with Gasteiger partial charge in [0.15, 0.2) is 0 Å². The largest absolute Gasteiger partial charge is 0.384 e. The summed E-state index contributed by atoms with van der Waals surface area (Å²) in [5, 5.41) is 10.8. The molecule has 0 aliphatic heterocycles. The van der Waals surface area contributed by atoms with E-state index >= 15 is 0 Å². The maximum Gasteiger partial charge on any atom is 0.116 e. The summed E-state index contributed by atoms with van der Waals surface area (Å²) in [7, 11) is 0. The first kappa shape index (κ1) is 9.09. The fourth-order valence-electron chi connectivity index (χ4n) is 1.49. The van der Waals surface area contributed by atoms with Crippen molar-refractivity contribution in [2.75, 3.05) is 0 Å². The van der Waals surface area contributed by atoms with Gasteiger partial charge in [-0.15, -0.1) is 0 Å². The van der Waals surface area contributed by atoms with Gasteiger partial charge >= 0.3 is 0 Å². The Morgan fingerprint density at radius 2 is 1.86 bits per heavy atom. The van der Waals surface area contributed by atoms with E-state index in [0.29, 0.717) is 5.69 Å². The van der Waals surface area contributed by atoms with E-state index in [0.717, 1.165) is 10.9 Å². The maximum atomic E-state index is 9.90. The summed E-state index contributed by atoms with van der Waals surface area (Å²) in [4.78, 5) is 8.25. The highest BCUT2D eigenvalue weighted by atomic mass is 16.3. The number of hydrogen-bond donors (Lipinski definition) is 1. The first-order valence-corrected chi connectivity index (χ1v) is 4.51. The minimum atomic E-state index is -0.928. The molecule has 72 valence electrons. The highest BCUT2D eigenvalue weighted by molar-refractivity contribution is 5.81. The van der Waals surface area contributed by atoms with E-state index in [1.54, 1.807) is 13.8 Å². The number of para-hydroxylation sites is 1. The van der Waals surface area contributed by atoms with Gasteiger partial charge in [0.05, 0.1) is 11.2 Å². The molecular formula is C11H12N2O. The summed E-state index contributed by atoms with van der Waals surface area (Å²) in [6.45, 7) is 3.45. The van der Waals surface area contributed by atoms with Crippen molar-refractivity contribution in [2.45, 2.75) is 19.4 Å². The van der Waals surface area contributed by atoms with E-state index in [9.17, 15) is 5.11 Å². The minimum absolute atomic E-state index is 0.670.